The van der Waals surface area contributed by atoms with Gasteiger partial charge in [0.05, 0.1) is 0 Å². The molecule has 3 N–H and O–H groups in total. The first kappa shape index (κ1) is 13.6. The minimum atomic E-state index is 0.435. The molecule has 2 bridgehead atoms. The summed E-state index contributed by atoms with van der Waals surface area (Å²) in [6, 6.07) is 6.08. The number of benzene rings is 1. The highest BCUT2D eigenvalue weighted by Crippen LogP contribution is 2.42. The van der Waals surface area contributed by atoms with E-state index < -0.39 is 0 Å². The number of hydrogen-bond acceptors (Lipinski definition) is 2. The molecule has 3 fully saturated rings. The second-order valence-electron chi connectivity index (χ2n) is 6.58. The zero-order chi connectivity index (χ0) is 14.4. The average Bonchev–Trinajstić information content (AvgIpc) is 2.93. The van der Waals surface area contributed by atoms with Crippen LogP contribution in [-0.4, -0.2) is 36.1 Å². The molecule has 3 saturated heterocycles. The number of halogens is 1. The number of piperidine rings is 3. The van der Waals surface area contributed by atoms with Crippen molar-refractivity contribution < 1.29 is 0 Å². The van der Waals surface area contributed by atoms with Gasteiger partial charge in [0, 0.05) is 34.6 Å². The van der Waals surface area contributed by atoms with Crippen molar-refractivity contribution in [2.24, 2.45) is 17.6 Å². The van der Waals surface area contributed by atoms with Gasteiger partial charge in [-0.25, -0.2) is 0 Å². The summed E-state index contributed by atoms with van der Waals surface area (Å²) in [4.78, 5) is 5.99. The number of fused-ring (bicyclic) bond motifs is 4. The van der Waals surface area contributed by atoms with Crippen LogP contribution >= 0.6 is 11.6 Å². The minimum Gasteiger partial charge on any atom is -0.361 e. The molecule has 0 aliphatic carbocycles. The van der Waals surface area contributed by atoms with E-state index in [1.54, 1.807) is 0 Å². The van der Waals surface area contributed by atoms with Gasteiger partial charge in [0.1, 0.15) is 0 Å². The summed E-state index contributed by atoms with van der Waals surface area (Å²) < 4.78 is 0. The Morgan fingerprint density at radius 3 is 2.81 bits per heavy atom. The highest BCUT2D eigenvalue weighted by molar-refractivity contribution is 6.31. The summed E-state index contributed by atoms with van der Waals surface area (Å²) in [6.07, 6.45) is 4.82. The van der Waals surface area contributed by atoms with Gasteiger partial charge in [-0.05, 0) is 68.1 Å². The van der Waals surface area contributed by atoms with E-state index in [1.807, 2.05) is 6.07 Å². The van der Waals surface area contributed by atoms with Gasteiger partial charge in [-0.2, -0.15) is 0 Å². The van der Waals surface area contributed by atoms with Crippen LogP contribution in [0.5, 0.6) is 0 Å². The number of nitrogens with two attached hydrogens (primary N) is 1. The van der Waals surface area contributed by atoms with Crippen LogP contribution in [0.4, 0.5) is 0 Å². The molecule has 1 aromatic heterocycles. The SMILES string of the molecule is NCC(c1c[nH]c2ccc(Cl)cc12)C1CN2CCC1CC2. The van der Waals surface area contributed by atoms with Crippen molar-refractivity contribution in [3.8, 4) is 0 Å². The maximum atomic E-state index is 6.19. The van der Waals surface area contributed by atoms with Crippen LogP contribution < -0.4 is 5.73 Å². The summed E-state index contributed by atoms with van der Waals surface area (Å²) in [5.74, 6) is 1.97. The standard InChI is InChI=1S/C17H22ClN3/c18-12-1-2-17-13(7-12)15(9-20-17)14(8-19)16-10-21-5-3-11(16)4-6-21/h1-2,7,9,11,14,16,20H,3-6,8,10,19H2. The highest BCUT2D eigenvalue weighted by Gasteiger charge is 2.39. The van der Waals surface area contributed by atoms with Gasteiger partial charge in [0.15, 0.2) is 0 Å². The summed E-state index contributed by atoms with van der Waals surface area (Å²) in [5.41, 5.74) is 8.71. The Kier molecular flexibility index (Phi) is 3.44. The van der Waals surface area contributed by atoms with Crippen LogP contribution in [0.3, 0.4) is 0 Å². The van der Waals surface area contributed by atoms with Crippen molar-refractivity contribution in [1.29, 1.82) is 0 Å². The van der Waals surface area contributed by atoms with Crippen LogP contribution in [0.15, 0.2) is 24.4 Å². The molecule has 21 heavy (non-hydrogen) atoms. The monoisotopic (exact) mass is 303 g/mol. The summed E-state index contributed by atoms with van der Waals surface area (Å²) in [5, 5.41) is 2.04. The molecule has 0 radical (unpaired) electrons. The first-order valence-corrected chi connectivity index (χ1v) is 8.33. The number of aromatic amines is 1. The summed E-state index contributed by atoms with van der Waals surface area (Å²) in [7, 11) is 0. The molecule has 2 aromatic rings. The summed E-state index contributed by atoms with van der Waals surface area (Å²) in [6.45, 7) is 4.48. The maximum Gasteiger partial charge on any atom is 0.0457 e. The number of rotatable bonds is 3. The average molecular weight is 304 g/mol. The van der Waals surface area contributed by atoms with Gasteiger partial charge in [-0.1, -0.05) is 11.6 Å². The first-order chi connectivity index (χ1) is 10.3. The second kappa shape index (κ2) is 5.31. The second-order valence-corrected chi connectivity index (χ2v) is 7.01. The third-order valence-electron chi connectivity index (χ3n) is 5.55. The molecule has 112 valence electrons. The molecule has 3 aliphatic heterocycles. The molecule has 3 nitrogen and oxygen atoms in total. The predicted molar refractivity (Wildman–Crippen MR) is 87.8 cm³/mol. The normalized spacial score (nSPS) is 29.9. The van der Waals surface area contributed by atoms with Crippen molar-refractivity contribution in [2.45, 2.75) is 18.8 Å². The predicted octanol–water partition coefficient (Wildman–Crippen LogP) is 3.21. The number of nitrogens with zero attached hydrogens (tertiary/aromatic N) is 1. The van der Waals surface area contributed by atoms with E-state index >= 15 is 0 Å². The van der Waals surface area contributed by atoms with E-state index in [0.29, 0.717) is 18.4 Å². The van der Waals surface area contributed by atoms with Gasteiger partial charge in [-0.3, -0.25) is 0 Å². The van der Waals surface area contributed by atoms with E-state index in [0.717, 1.165) is 16.5 Å². The van der Waals surface area contributed by atoms with Crippen LogP contribution in [0.25, 0.3) is 10.9 Å². The highest BCUT2D eigenvalue weighted by atomic mass is 35.5. The zero-order valence-corrected chi connectivity index (χ0v) is 12.9. The Morgan fingerprint density at radius 1 is 1.33 bits per heavy atom. The van der Waals surface area contributed by atoms with Gasteiger partial charge < -0.3 is 15.6 Å². The van der Waals surface area contributed by atoms with Crippen LogP contribution in [-0.2, 0) is 0 Å². The Hall–Kier alpha value is -1.03. The van der Waals surface area contributed by atoms with Gasteiger partial charge >= 0.3 is 0 Å². The lowest BCUT2D eigenvalue weighted by Gasteiger charge is -2.47. The molecule has 2 atom stereocenters. The smallest absolute Gasteiger partial charge is 0.0457 e. The van der Waals surface area contributed by atoms with E-state index in [2.05, 4.69) is 28.2 Å². The molecule has 3 aliphatic rings. The number of H-pyrrole nitrogens is 1. The maximum absolute atomic E-state index is 6.19. The fraction of sp³-hybridized carbons (Fsp3) is 0.529. The third-order valence-corrected chi connectivity index (χ3v) is 5.79. The molecule has 5 rings (SSSR count). The Morgan fingerprint density at radius 2 is 2.14 bits per heavy atom. The first-order valence-electron chi connectivity index (χ1n) is 7.95. The number of nitrogens with one attached hydrogen (secondary N) is 1. The quantitative estimate of drug-likeness (QED) is 0.914. The lowest BCUT2D eigenvalue weighted by Crippen LogP contribution is -2.50. The van der Waals surface area contributed by atoms with Gasteiger partial charge in [0.25, 0.3) is 0 Å². The van der Waals surface area contributed by atoms with Crippen molar-refractivity contribution in [1.82, 2.24) is 9.88 Å². The third kappa shape index (κ3) is 2.28. The molecule has 0 amide bonds. The van der Waals surface area contributed by atoms with Gasteiger partial charge in [-0.15, -0.1) is 0 Å². The lowest BCUT2D eigenvalue weighted by atomic mass is 9.70. The zero-order valence-electron chi connectivity index (χ0n) is 12.2. The van der Waals surface area contributed by atoms with Crippen molar-refractivity contribution in [2.75, 3.05) is 26.2 Å². The minimum absolute atomic E-state index is 0.435. The topological polar surface area (TPSA) is 45.1 Å². The van der Waals surface area contributed by atoms with Crippen molar-refractivity contribution in [3.05, 3.63) is 35.0 Å². The molecule has 0 spiro atoms. The van der Waals surface area contributed by atoms with E-state index in [-0.39, 0.29) is 0 Å². The molecule has 2 unspecified atom stereocenters. The Labute approximate surface area is 130 Å². The molecule has 1 aromatic carbocycles. The molecule has 4 heteroatoms. The Bertz CT molecular complexity index is 643. The molecule has 4 heterocycles. The van der Waals surface area contributed by atoms with Gasteiger partial charge in [0.2, 0.25) is 0 Å². The van der Waals surface area contributed by atoms with E-state index in [9.17, 15) is 0 Å². The van der Waals surface area contributed by atoms with Crippen LogP contribution in [0.1, 0.15) is 24.3 Å². The molecular formula is C17H22ClN3. The molecular weight excluding hydrogens is 282 g/mol. The Balaban J connectivity index is 1.73. The number of hydrogen-bond donors (Lipinski definition) is 2. The largest absolute Gasteiger partial charge is 0.361 e. The van der Waals surface area contributed by atoms with Crippen LogP contribution in [0.2, 0.25) is 5.02 Å². The van der Waals surface area contributed by atoms with E-state index in [1.165, 1.54) is 43.4 Å². The van der Waals surface area contributed by atoms with Crippen molar-refractivity contribution in [3.63, 3.8) is 0 Å². The van der Waals surface area contributed by atoms with E-state index in [4.69, 9.17) is 17.3 Å². The summed E-state index contributed by atoms with van der Waals surface area (Å²) >= 11 is 6.19. The fourth-order valence-electron chi connectivity index (χ4n) is 4.42. The lowest BCUT2D eigenvalue weighted by molar-refractivity contribution is 0.0381. The number of aromatic nitrogens is 1. The van der Waals surface area contributed by atoms with Crippen molar-refractivity contribution >= 4 is 22.5 Å². The molecule has 0 saturated carbocycles. The van der Waals surface area contributed by atoms with Crippen LogP contribution in [0, 0.1) is 11.8 Å². The fourth-order valence-corrected chi connectivity index (χ4v) is 4.59.